The molecule has 23 heavy (non-hydrogen) atoms. The Hall–Kier alpha value is -1.64. The van der Waals surface area contributed by atoms with Crippen molar-refractivity contribution in [3.05, 3.63) is 71.8 Å². The third-order valence-corrected chi connectivity index (χ3v) is 4.89. The maximum atomic E-state index is 9.93. The minimum atomic E-state index is -0.0104. The molecule has 2 aromatic rings. The third kappa shape index (κ3) is 5.19. The first-order valence-corrected chi connectivity index (χ1v) is 8.62. The predicted molar refractivity (Wildman–Crippen MR) is 97.1 cm³/mol. The zero-order valence-electron chi connectivity index (χ0n) is 14.4. The maximum Gasteiger partial charge on any atom is 0.0499 e. The van der Waals surface area contributed by atoms with E-state index in [0.29, 0.717) is 0 Å². The second-order valence-corrected chi connectivity index (χ2v) is 6.48. The average molecular weight is 311 g/mol. The molecule has 124 valence electrons. The summed E-state index contributed by atoms with van der Waals surface area (Å²) in [4.78, 5) is 2.47. The summed E-state index contributed by atoms with van der Waals surface area (Å²) < 4.78 is 0. The molecule has 0 amide bonds. The predicted octanol–water partition coefficient (Wildman–Crippen LogP) is 4.49. The van der Waals surface area contributed by atoms with Crippen molar-refractivity contribution in [2.75, 3.05) is 13.2 Å². The number of aliphatic hydroxyl groups is 1. The molecule has 0 bridgehead atoms. The molecule has 0 spiro atoms. The molecule has 0 aliphatic heterocycles. The van der Waals surface area contributed by atoms with Crippen LogP contribution in [0.1, 0.15) is 37.8 Å². The van der Waals surface area contributed by atoms with Crippen molar-refractivity contribution in [1.82, 2.24) is 4.90 Å². The van der Waals surface area contributed by atoms with Crippen LogP contribution in [0.4, 0.5) is 0 Å². The molecule has 0 heterocycles. The van der Waals surface area contributed by atoms with Crippen molar-refractivity contribution in [2.24, 2.45) is 5.41 Å². The fraction of sp³-hybridized carbons (Fsp3) is 0.429. The molecule has 0 aliphatic rings. The van der Waals surface area contributed by atoms with Crippen LogP contribution in [0.25, 0.3) is 0 Å². The van der Waals surface area contributed by atoms with Crippen LogP contribution >= 0.6 is 0 Å². The molecule has 0 radical (unpaired) electrons. The molecule has 0 fully saturated rings. The summed E-state index contributed by atoms with van der Waals surface area (Å²) in [6.45, 7) is 7.36. The second-order valence-electron chi connectivity index (χ2n) is 6.48. The van der Waals surface area contributed by atoms with Gasteiger partial charge >= 0.3 is 0 Å². The van der Waals surface area contributed by atoms with Gasteiger partial charge in [0.05, 0.1) is 0 Å². The molecule has 0 saturated carbocycles. The summed E-state index contributed by atoms with van der Waals surface area (Å²) in [5.41, 5.74) is 2.63. The van der Waals surface area contributed by atoms with Gasteiger partial charge in [-0.1, -0.05) is 74.5 Å². The molecule has 0 unspecified atom stereocenters. The fourth-order valence-electron chi connectivity index (χ4n) is 3.07. The number of aliphatic hydroxyl groups excluding tert-OH is 1. The van der Waals surface area contributed by atoms with Crippen LogP contribution in [0.5, 0.6) is 0 Å². The lowest BCUT2D eigenvalue weighted by Crippen LogP contribution is -2.39. The van der Waals surface area contributed by atoms with E-state index in [1.54, 1.807) is 0 Å². The van der Waals surface area contributed by atoms with Crippen molar-refractivity contribution in [2.45, 2.75) is 39.8 Å². The Labute approximate surface area is 140 Å². The standard InChI is InChI=1S/C21H29NO/c1-3-21(4-2,18-23)17-22(15-19-11-7-5-8-12-19)16-20-13-9-6-10-14-20/h5-14,23H,3-4,15-18H2,1-2H3. The summed E-state index contributed by atoms with van der Waals surface area (Å²) in [7, 11) is 0. The van der Waals surface area contributed by atoms with Crippen LogP contribution in [0.2, 0.25) is 0 Å². The number of hydrogen-bond donors (Lipinski definition) is 1. The van der Waals surface area contributed by atoms with Crippen LogP contribution in [0.15, 0.2) is 60.7 Å². The van der Waals surface area contributed by atoms with Gasteiger partial charge in [-0.25, -0.2) is 0 Å². The SMILES string of the molecule is CCC(CC)(CO)CN(Cc1ccccc1)Cc1ccccc1. The smallest absolute Gasteiger partial charge is 0.0499 e. The number of hydrogen-bond acceptors (Lipinski definition) is 2. The molecule has 2 aromatic carbocycles. The van der Waals surface area contributed by atoms with E-state index in [4.69, 9.17) is 0 Å². The lowest BCUT2D eigenvalue weighted by atomic mass is 9.82. The third-order valence-electron chi connectivity index (χ3n) is 4.89. The molecule has 0 aromatic heterocycles. The van der Waals surface area contributed by atoms with Gasteiger partial charge in [0.15, 0.2) is 0 Å². The molecular weight excluding hydrogens is 282 g/mol. The van der Waals surface area contributed by atoms with Gasteiger partial charge in [0.25, 0.3) is 0 Å². The number of benzene rings is 2. The van der Waals surface area contributed by atoms with Crippen molar-refractivity contribution in [3.8, 4) is 0 Å². The van der Waals surface area contributed by atoms with Gasteiger partial charge in [0, 0.05) is 31.7 Å². The van der Waals surface area contributed by atoms with Gasteiger partial charge < -0.3 is 5.11 Å². The van der Waals surface area contributed by atoms with E-state index in [1.807, 2.05) is 0 Å². The van der Waals surface area contributed by atoms with E-state index in [2.05, 4.69) is 79.4 Å². The zero-order chi connectivity index (χ0) is 16.5. The first-order chi connectivity index (χ1) is 11.2. The molecule has 0 aliphatic carbocycles. The van der Waals surface area contributed by atoms with E-state index < -0.39 is 0 Å². The second kappa shape index (κ2) is 8.85. The van der Waals surface area contributed by atoms with Crippen LogP contribution in [-0.2, 0) is 13.1 Å². The van der Waals surface area contributed by atoms with Gasteiger partial charge in [-0.2, -0.15) is 0 Å². The van der Waals surface area contributed by atoms with E-state index in [-0.39, 0.29) is 12.0 Å². The van der Waals surface area contributed by atoms with Crippen LogP contribution < -0.4 is 0 Å². The highest BCUT2D eigenvalue weighted by atomic mass is 16.3. The Morgan fingerprint density at radius 2 is 1.22 bits per heavy atom. The summed E-state index contributed by atoms with van der Waals surface area (Å²) in [5, 5.41) is 9.93. The minimum absolute atomic E-state index is 0.0104. The Morgan fingerprint density at radius 3 is 1.57 bits per heavy atom. The number of rotatable bonds is 9. The fourth-order valence-corrected chi connectivity index (χ4v) is 3.07. The van der Waals surface area contributed by atoms with Gasteiger partial charge in [-0.3, -0.25) is 4.90 Å². The van der Waals surface area contributed by atoms with Crippen LogP contribution in [0, 0.1) is 5.41 Å². The highest BCUT2D eigenvalue weighted by Gasteiger charge is 2.28. The van der Waals surface area contributed by atoms with Crippen LogP contribution in [-0.4, -0.2) is 23.2 Å². The highest BCUT2D eigenvalue weighted by Crippen LogP contribution is 2.28. The van der Waals surface area contributed by atoms with E-state index >= 15 is 0 Å². The zero-order valence-corrected chi connectivity index (χ0v) is 14.4. The van der Waals surface area contributed by atoms with E-state index in [1.165, 1.54) is 11.1 Å². The van der Waals surface area contributed by atoms with Gasteiger partial charge in [0.1, 0.15) is 0 Å². The highest BCUT2D eigenvalue weighted by molar-refractivity contribution is 5.17. The monoisotopic (exact) mass is 311 g/mol. The largest absolute Gasteiger partial charge is 0.396 e. The van der Waals surface area contributed by atoms with E-state index in [9.17, 15) is 5.11 Å². The van der Waals surface area contributed by atoms with Gasteiger partial charge in [-0.15, -0.1) is 0 Å². The lowest BCUT2D eigenvalue weighted by Gasteiger charge is -2.36. The van der Waals surface area contributed by atoms with Crippen molar-refractivity contribution >= 4 is 0 Å². The quantitative estimate of drug-likeness (QED) is 0.737. The Kier molecular flexibility index (Phi) is 6.82. The van der Waals surface area contributed by atoms with Crippen molar-refractivity contribution in [1.29, 1.82) is 0 Å². The molecule has 0 atom stereocenters. The first-order valence-electron chi connectivity index (χ1n) is 8.62. The Balaban J connectivity index is 2.16. The molecule has 2 nitrogen and oxygen atoms in total. The molecule has 1 N–H and O–H groups in total. The number of nitrogens with zero attached hydrogens (tertiary/aromatic N) is 1. The molecular formula is C21H29NO. The first kappa shape index (κ1) is 17.7. The molecule has 2 rings (SSSR count). The van der Waals surface area contributed by atoms with Crippen molar-refractivity contribution < 1.29 is 5.11 Å². The lowest BCUT2D eigenvalue weighted by molar-refractivity contribution is 0.0591. The van der Waals surface area contributed by atoms with E-state index in [0.717, 1.165) is 32.5 Å². The van der Waals surface area contributed by atoms with Gasteiger partial charge in [-0.05, 0) is 24.0 Å². The van der Waals surface area contributed by atoms with Gasteiger partial charge in [0.2, 0.25) is 0 Å². The minimum Gasteiger partial charge on any atom is -0.396 e. The average Bonchev–Trinajstić information content (AvgIpc) is 2.61. The summed E-state index contributed by atoms with van der Waals surface area (Å²) in [6, 6.07) is 21.2. The summed E-state index contributed by atoms with van der Waals surface area (Å²) in [6.07, 6.45) is 2.00. The summed E-state index contributed by atoms with van der Waals surface area (Å²) in [5.74, 6) is 0. The normalized spacial score (nSPS) is 11.8. The molecule has 2 heteroatoms. The Morgan fingerprint density at radius 1 is 0.783 bits per heavy atom. The topological polar surface area (TPSA) is 23.5 Å². The maximum absolute atomic E-state index is 9.93. The van der Waals surface area contributed by atoms with Crippen LogP contribution in [0.3, 0.4) is 0 Å². The van der Waals surface area contributed by atoms with Crippen molar-refractivity contribution in [3.63, 3.8) is 0 Å². The summed E-state index contributed by atoms with van der Waals surface area (Å²) >= 11 is 0. The Bertz CT molecular complexity index is 499. The molecule has 0 saturated heterocycles.